The van der Waals surface area contributed by atoms with Gasteiger partial charge in [-0.05, 0) is 35.7 Å². The zero-order valence-electron chi connectivity index (χ0n) is 16.4. The number of aromatic hydroxyl groups is 1. The Kier molecular flexibility index (Phi) is 9.07. The van der Waals surface area contributed by atoms with Crippen LogP contribution in [0.3, 0.4) is 0 Å². The van der Waals surface area contributed by atoms with Gasteiger partial charge in [0.05, 0.1) is 16.0 Å². The third-order valence-electron chi connectivity index (χ3n) is 3.89. The molecule has 0 bridgehead atoms. The van der Waals surface area contributed by atoms with E-state index < -0.39 is 35.8 Å². The van der Waals surface area contributed by atoms with Crippen molar-refractivity contribution >= 4 is 113 Å². The molecule has 0 fully saturated rings. The molecule has 154 valence electrons. The van der Waals surface area contributed by atoms with Crippen LogP contribution in [0.1, 0.15) is 0 Å². The number of phenols is 1. The molecule has 11 nitrogen and oxygen atoms in total. The van der Waals surface area contributed by atoms with E-state index in [-0.39, 0.29) is 92.6 Å². The average molecular weight is 484 g/mol. The van der Waals surface area contributed by atoms with Crippen molar-refractivity contribution in [3.8, 4) is 5.75 Å². The zero-order chi connectivity index (χ0) is 21.6. The Balaban J connectivity index is 0.00000240. The Morgan fingerprint density at radius 3 is 2.03 bits per heavy atom. The fraction of sp³-hybridized carbons (Fsp3) is 0. The van der Waals surface area contributed by atoms with E-state index in [9.17, 15) is 31.0 Å². The van der Waals surface area contributed by atoms with Gasteiger partial charge in [-0.3, -0.25) is 9.11 Å². The zero-order valence-corrected chi connectivity index (χ0v) is 22.0. The molecule has 3 aromatic rings. The number of nitrogen functional groups attached to an aromatic ring is 2. The summed E-state index contributed by atoms with van der Waals surface area (Å²) in [5, 5.41) is 18.1. The smallest absolute Gasteiger partial charge is 0.296 e. The van der Waals surface area contributed by atoms with Gasteiger partial charge in [-0.15, -0.1) is 10.2 Å². The van der Waals surface area contributed by atoms with Crippen LogP contribution in [0, 0.1) is 0 Å². The molecule has 0 aliphatic rings. The van der Waals surface area contributed by atoms with Crippen molar-refractivity contribution in [3.63, 3.8) is 0 Å². The molecule has 2 radical (unpaired) electrons. The first kappa shape index (κ1) is 27.8. The second-order valence-corrected chi connectivity index (χ2v) is 8.73. The summed E-state index contributed by atoms with van der Waals surface area (Å²) in [6.45, 7) is 0. The van der Waals surface area contributed by atoms with E-state index in [4.69, 9.17) is 11.5 Å². The van der Waals surface area contributed by atoms with Gasteiger partial charge in [-0.1, -0.05) is 6.07 Å². The van der Waals surface area contributed by atoms with Gasteiger partial charge >= 0.3 is 0 Å². The quantitative estimate of drug-likeness (QED) is 0.158. The molecule has 0 aromatic heterocycles. The van der Waals surface area contributed by atoms with Crippen LogP contribution in [-0.2, 0) is 20.2 Å². The number of hydrogen-bond acceptors (Lipinski definition) is 9. The maximum Gasteiger partial charge on any atom is 0.296 e. The van der Waals surface area contributed by atoms with Crippen molar-refractivity contribution in [3.05, 3.63) is 42.5 Å². The Bertz CT molecular complexity index is 1390. The van der Waals surface area contributed by atoms with E-state index in [1.807, 2.05) is 0 Å². The summed E-state index contributed by atoms with van der Waals surface area (Å²) in [6.07, 6.45) is 0. The summed E-state index contributed by atoms with van der Waals surface area (Å²) in [6, 6.07) is 8.19. The van der Waals surface area contributed by atoms with E-state index >= 15 is 0 Å². The largest absolute Gasteiger partial charge is 0.507 e. The molecule has 0 aliphatic heterocycles. The van der Waals surface area contributed by atoms with E-state index in [2.05, 4.69) is 10.2 Å². The van der Waals surface area contributed by atoms with Crippen molar-refractivity contribution in [2.75, 3.05) is 11.5 Å². The summed E-state index contributed by atoms with van der Waals surface area (Å²) >= 11 is 0. The van der Waals surface area contributed by atoms with E-state index in [1.165, 1.54) is 24.3 Å². The van der Waals surface area contributed by atoms with Crippen LogP contribution >= 0.6 is 0 Å². The molecule has 0 heterocycles. The molecular formula is C16H14N4Na2O7S2. The Hall–Kier alpha value is -1.26. The van der Waals surface area contributed by atoms with Crippen molar-refractivity contribution in [1.29, 1.82) is 0 Å². The van der Waals surface area contributed by atoms with Gasteiger partial charge in [0.2, 0.25) is 0 Å². The predicted molar refractivity (Wildman–Crippen MR) is 116 cm³/mol. The number of benzene rings is 3. The van der Waals surface area contributed by atoms with Gasteiger partial charge in [0.25, 0.3) is 20.2 Å². The van der Waals surface area contributed by atoms with Gasteiger partial charge in [-0.25, -0.2) is 0 Å². The minimum Gasteiger partial charge on any atom is -0.507 e. The molecule has 7 N–H and O–H groups in total. The van der Waals surface area contributed by atoms with E-state index in [0.717, 1.165) is 18.2 Å². The number of anilines is 2. The molecule has 0 spiro atoms. The van der Waals surface area contributed by atoms with Crippen molar-refractivity contribution in [2.24, 2.45) is 10.2 Å². The van der Waals surface area contributed by atoms with Gasteiger partial charge in [0.1, 0.15) is 22.0 Å². The molecule has 0 saturated carbocycles. The number of nitrogens with zero attached hydrogens (tertiary/aromatic N) is 2. The number of rotatable bonds is 4. The SMILES string of the molecule is Nc1ccc(N=Nc2c(N)ccc3cc(S(=O)(=O)O)cc(O)c23)c(S(=O)(=O)O)c1.[Na].[Na]. The molecule has 31 heavy (non-hydrogen) atoms. The summed E-state index contributed by atoms with van der Waals surface area (Å²) in [5.74, 6) is -0.552. The molecule has 3 rings (SSSR count). The van der Waals surface area contributed by atoms with E-state index in [0.29, 0.717) is 0 Å². The number of phenolic OH excluding ortho intramolecular Hbond substituents is 1. The monoisotopic (exact) mass is 484 g/mol. The van der Waals surface area contributed by atoms with Gasteiger partial charge in [0.15, 0.2) is 0 Å². The molecular weight excluding hydrogens is 470 g/mol. The van der Waals surface area contributed by atoms with E-state index in [1.54, 1.807) is 0 Å². The maximum absolute atomic E-state index is 11.5. The second-order valence-electron chi connectivity index (χ2n) is 5.92. The predicted octanol–water partition coefficient (Wildman–Crippen LogP) is 1.86. The Morgan fingerprint density at radius 1 is 0.806 bits per heavy atom. The standard InChI is InChI=1S/C16H14N4O7S2.2Na/c17-9-2-4-12(14(6-9)29(25,26)27)19-20-16-11(18)3-1-8-5-10(28(22,23)24)7-13(21)15(8)16;;/h1-7,21H,17-18H2,(H,22,23,24)(H,25,26,27);;. The van der Waals surface area contributed by atoms with Crippen LogP contribution in [0.2, 0.25) is 0 Å². The fourth-order valence-corrected chi connectivity index (χ4v) is 3.79. The first-order valence-corrected chi connectivity index (χ1v) is 10.6. The second kappa shape index (κ2) is 10.1. The third kappa shape index (κ3) is 6.16. The van der Waals surface area contributed by atoms with Crippen LogP contribution in [0.5, 0.6) is 5.75 Å². The minimum atomic E-state index is -4.65. The van der Waals surface area contributed by atoms with Crippen molar-refractivity contribution in [1.82, 2.24) is 0 Å². The summed E-state index contributed by atoms with van der Waals surface area (Å²) < 4.78 is 64.3. The molecule has 0 aliphatic carbocycles. The fourth-order valence-electron chi connectivity index (χ4n) is 2.59. The van der Waals surface area contributed by atoms with Crippen molar-refractivity contribution < 1.29 is 31.0 Å². The van der Waals surface area contributed by atoms with Crippen LogP contribution in [0.25, 0.3) is 10.8 Å². The summed E-state index contributed by atoms with van der Waals surface area (Å²) in [5.41, 5.74) is 11.2. The van der Waals surface area contributed by atoms with Gasteiger partial charge in [-0.2, -0.15) is 16.8 Å². The molecule has 0 saturated heterocycles. The van der Waals surface area contributed by atoms with Crippen LogP contribution in [0.4, 0.5) is 22.7 Å². The Labute approximate surface area is 221 Å². The topological polar surface area (TPSA) is 206 Å². The number of nitrogens with two attached hydrogens (primary N) is 2. The normalized spacial score (nSPS) is 11.8. The molecule has 0 atom stereocenters. The van der Waals surface area contributed by atoms with Crippen molar-refractivity contribution in [2.45, 2.75) is 9.79 Å². The minimum absolute atomic E-state index is 0. The summed E-state index contributed by atoms with van der Waals surface area (Å²) in [7, 11) is -9.22. The van der Waals surface area contributed by atoms with Gasteiger partial charge < -0.3 is 16.6 Å². The molecule has 0 amide bonds. The first-order chi connectivity index (χ1) is 13.4. The van der Waals surface area contributed by atoms with Crippen LogP contribution in [-0.4, -0.2) is 90.2 Å². The molecule has 0 unspecified atom stereocenters. The average Bonchev–Trinajstić information content (AvgIpc) is 2.60. The number of hydrogen-bond donors (Lipinski definition) is 5. The maximum atomic E-state index is 11.5. The number of azo groups is 1. The van der Waals surface area contributed by atoms with Crippen LogP contribution < -0.4 is 11.5 Å². The number of fused-ring (bicyclic) bond motifs is 1. The molecule has 15 heteroatoms. The first-order valence-electron chi connectivity index (χ1n) is 7.69. The Morgan fingerprint density at radius 2 is 1.45 bits per heavy atom. The van der Waals surface area contributed by atoms with Crippen LogP contribution in [0.15, 0.2) is 62.5 Å². The summed E-state index contributed by atoms with van der Waals surface area (Å²) in [4.78, 5) is -1.12. The molecule has 3 aromatic carbocycles. The van der Waals surface area contributed by atoms with Gasteiger partial charge in [0, 0.05) is 70.9 Å². The third-order valence-corrected chi connectivity index (χ3v) is 5.61.